The van der Waals surface area contributed by atoms with Crippen molar-refractivity contribution in [3.63, 3.8) is 0 Å². The number of hydrogen-bond acceptors (Lipinski definition) is 7. The molecule has 5 rings (SSSR count). The first-order valence-electron chi connectivity index (χ1n) is 14.7. The number of carbonyl (C=O) groups is 2. The number of aromatic nitrogens is 1. The molecule has 230 valence electrons. The Morgan fingerprint density at radius 2 is 1.64 bits per heavy atom. The van der Waals surface area contributed by atoms with Gasteiger partial charge in [0, 0.05) is 18.3 Å². The lowest BCUT2D eigenvalue weighted by Crippen LogP contribution is -2.40. The number of carbonyl (C=O) groups excluding carboxylic acids is 1. The highest BCUT2D eigenvalue weighted by molar-refractivity contribution is 7.89. The molecule has 0 bridgehead atoms. The number of carboxylic acids is 1. The van der Waals surface area contributed by atoms with Crippen molar-refractivity contribution < 1.29 is 32.6 Å². The molecule has 10 nitrogen and oxygen atoms in total. The van der Waals surface area contributed by atoms with Crippen LogP contribution in [0.15, 0.2) is 79.0 Å². The quantitative estimate of drug-likeness (QED) is 0.166. The highest BCUT2D eigenvalue weighted by Crippen LogP contribution is 2.30. The molecular weight excluding hydrogens is 582 g/mol. The van der Waals surface area contributed by atoms with E-state index in [1.807, 2.05) is 43.3 Å². The number of fused-ring (bicyclic) bond motifs is 1. The summed E-state index contributed by atoms with van der Waals surface area (Å²) >= 11 is 0. The molecule has 0 radical (unpaired) electrons. The van der Waals surface area contributed by atoms with Gasteiger partial charge in [-0.2, -0.15) is 0 Å². The summed E-state index contributed by atoms with van der Waals surface area (Å²) in [6.45, 7) is 1.98. The molecule has 44 heavy (non-hydrogen) atoms. The molecular formula is C33H35N3O7S. The zero-order chi connectivity index (χ0) is 31.1. The molecule has 1 fully saturated rings. The summed E-state index contributed by atoms with van der Waals surface area (Å²) in [4.78, 5) is 28.3. The number of hydrogen-bond donors (Lipinski definition) is 3. The van der Waals surface area contributed by atoms with E-state index < -0.39 is 21.9 Å². The topological polar surface area (TPSA) is 144 Å². The van der Waals surface area contributed by atoms with Gasteiger partial charge in [-0.15, -0.1) is 0 Å². The van der Waals surface area contributed by atoms with Crippen molar-refractivity contribution >= 4 is 38.4 Å². The Labute approximate surface area is 256 Å². The van der Waals surface area contributed by atoms with E-state index in [1.165, 1.54) is 18.3 Å². The summed E-state index contributed by atoms with van der Waals surface area (Å²) in [6.07, 6.45) is 6.00. The summed E-state index contributed by atoms with van der Waals surface area (Å²) in [5.41, 5.74) is 0.451. The number of amides is 1. The zero-order valence-corrected chi connectivity index (χ0v) is 25.2. The number of sulfonamides is 1. The molecule has 11 heteroatoms. The molecule has 0 spiro atoms. The van der Waals surface area contributed by atoms with Gasteiger partial charge in [-0.25, -0.2) is 22.9 Å². The molecule has 0 unspecified atom stereocenters. The van der Waals surface area contributed by atoms with Crippen molar-refractivity contribution in [2.45, 2.75) is 57.6 Å². The van der Waals surface area contributed by atoms with Gasteiger partial charge in [0.05, 0.1) is 28.7 Å². The van der Waals surface area contributed by atoms with Crippen molar-refractivity contribution in [3.05, 3.63) is 90.1 Å². The lowest BCUT2D eigenvalue weighted by Gasteiger charge is -2.29. The van der Waals surface area contributed by atoms with Crippen molar-refractivity contribution in [3.8, 4) is 17.4 Å². The molecule has 0 aliphatic heterocycles. The van der Waals surface area contributed by atoms with Gasteiger partial charge >= 0.3 is 5.97 Å². The molecule has 3 aromatic carbocycles. The van der Waals surface area contributed by atoms with Crippen molar-refractivity contribution in [1.82, 2.24) is 9.71 Å². The van der Waals surface area contributed by atoms with Crippen LogP contribution in [0.5, 0.6) is 17.4 Å². The zero-order valence-electron chi connectivity index (χ0n) is 24.4. The van der Waals surface area contributed by atoms with Crippen molar-refractivity contribution in [2.75, 3.05) is 11.1 Å². The third-order valence-electron chi connectivity index (χ3n) is 7.50. The van der Waals surface area contributed by atoms with E-state index in [1.54, 1.807) is 24.3 Å². The lowest BCUT2D eigenvalue weighted by molar-refractivity contribution is 0.0698. The largest absolute Gasteiger partial charge is 0.490 e. The van der Waals surface area contributed by atoms with Crippen LogP contribution in [0.25, 0.3) is 10.8 Å². The van der Waals surface area contributed by atoms with Gasteiger partial charge in [0.15, 0.2) is 0 Å². The highest BCUT2D eigenvalue weighted by Gasteiger charge is 2.25. The number of pyridine rings is 1. The number of ether oxygens (including phenoxy) is 2. The first kappa shape index (κ1) is 31.0. The van der Waals surface area contributed by atoms with Gasteiger partial charge < -0.3 is 19.9 Å². The molecule has 4 aromatic rings. The minimum absolute atomic E-state index is 0.00329. The number of para-hydroxylation sites is 1. The highest BCUT2D eigenvalue weighted by atomic mass is 32.2. The molecule has 0 atom stereocenters. The number of rotatable bonds is 12. The summed E-state index contributed by atoms with van der Waals surface area (Å²) < 4.78 is 39.4. The first-order valence-corrected chi connectivity index (χ1v) is 16.3. The van der Waals surface area contributed by atoms with E-state index in [2.05, 4.69) is 15.0 Å². The van der Waals surface area contributed by atoms with Gasteiger partial charge in [-0.3, -0.25) is 4.79 Å². The van der Waals surface area contributed by atoms with E-state index in [4.69, 9.17) is 9.47 Å². The summed E-state index contributed by atoms with van der Waals surface area (Å²) in [5, 5.41) is 13.9. The Morgan fingerprint density at radius 1 is 0.932 bits per heavy atom. The first-order chi connectivity index (χ1) is 21.2. The second-order valence-corrected chi connectivity index (χ2v) is 12.7. The maximum atomic E-state index is 12.6. The fourth-order valence-corrected chi connectivity index (χ4v) is 6.68. The summed E-state index contributed by atoms with van der Waals surface area (Å²) in [5.74, 6) is 0.201. The minimum atomic E-state index is -3.23. The van der Waals surface area contributed by atoms with E-state index in [0.29, 0.717) is 18.1 Å². The van der Waals surface area contributed by atoms with E-state index in [0.717, 1.165) is 48.6 Å². The Balaban J connectivity index is 1.15. The predicted octanol–water partition coefficient (Wildman–Crippen LogP) is 6.39. The number of carboxylic acid groups (broad SMARTS) is 1. The van der Waals surface area contributed by atoms with Crippen LogP contribution in [0.1, 0.15) is 66.2 Å². The lowest BCUT2D eigenvalue weighted by atomic mass is 9.93. The number of nitrogens with one attached hydrogen (secondary N) is 2. The maximum absolute atomic E-state index is 12.6. The monoisotopic (exact) mass is 617 g/mol. The Hall–Kier alpha value is -4.48. The smallest absolute Gasteiger partial charge is 0.337 e. The molecule has 1 aliphatic rings. The fraction of sp³-hybridized carbons (Fsp3) is 0.303. The fourth-order valence-electron chi connectivity index (χ4n) is 5.15. The Morgan fingerprint density at radius 3 is 2.32 bits per heavy atom. The van der Waals surface area contributed by atoms with Crippen molar-refractivity contribution in [1.29, 1.82) is 0 Å². The maximum Gasteiger partial charge on any atom is 0.337 e. The molecule has 1 aliphatic carbocycles. The van der Waals surface area contributed by atoms with Gasteiger partial charge in [0.2, 0.25) is 15.9 Å². The Bertz CT molecular complexity index is 1730. The van der Waals surface area contributed by atoms with Crippen LogP contribution < -0.4 is 19.5 Å². The normalized spacial score (nSPS) is 16.8. The van der Waals surface area contributed by atoms with Gasteiger partial charge in [0.1, 0.15) is 11.5 Å². The number of aromatic carboxylic acids is 1. The van der Waals surface area contributed by atoms with Crippen LogP contribution in [-0.4, -0.2) is 48.3 Å². The molecule has 1 heterocycles. The molecule has 0 saturated heterocycles. The number of unbranched alkanes of at least 4 members (excludes halogenated alkanes) is 1. The third-order valence-corrected chi connectivity index (χ3v) is 9.02. The molecule has 1 amide bonds. The average Bonchev–Trinajstić information content (AvgIpc) is 3.01. The van der Waals surface area contributed by atoms with Gasteiger partial charge in [0.25, 0.3) is 5.91 Å². The number of nitrogens with zero attached hydrogens (tertiary/aromatic N) is 1. The van der Waals surface area contributed by atoms with Crippen LogP contribution in [0.4, 0.5) is 5.69 Å². The predicted molar refractivity (Wildman–Crippen MR) is 168 cm³/mol. The molecule has 1 aromatic heterocycles. The second-order valence-electron chi connectivity index (χ2n) is 10.8. The van der Waals surface area contributed by atoms with E-state index >= 15 is 0 Å². The van der Waals surface area contributed by atoms with Crippen LogP contribution in [-0.2, 0) is 10.0 Å². The Kier molecular flexibility index (Phi) is 9.76. The van der Waals surface area contributed by atoms with Gasteiger partial charge in [-0.05, 0) is 85.3 Å². The SMILES string of the molecule is CCCCS(=O)(=O)NC1CCC(Oc2ccc3cc(Oc4ccc(C(=O)Nc5ccccc5C(=O)O)cn4)ccc3c2)CC1. The van der Waals surface area contributed by atoms with Crippen LogP contribution in [0.3, 0.4) is 0 Å². The minimum Gasteiger partial charge on any atom is -0.490 e. The van der Waals surface area contributed by atoms with Gasteiger partial charge in [-0.1, -0.05) is 37.6 Å². The van der Waals surface area contributed by atoms with Crippen molar-refractivity contribution in [2.24, 2.45) is 0 Å². The molecule has 3 N–H and O–H groups in total. The standard InChI is InChI=1S/C33H35N3O7S/c1-2-3-18-44(40,41)36-25-11-15-26(16-12-25)42-27-13-8-23-20-28(14-9-22(23)19-27)43-31-17-10-24(21-34-31)32(37)35-30-7-5-4-6-29(30)33(38)39/h4-10,13-14,17,19-21,25-26,36H,2-3,11-12,15-16,18H2,1H3,(H,35,37)(H,38,39). The average molecular weight is 618 g/mol. The van der Waals surface area contributed by atoms with E-state index in [-0.39, 0.29) is 34.7 Å². The summed E-state index contributed by atoms with van der Waals surface area (Å²) in [6, 6.07) is 20.8. The van der Waals surface area contributed by atoms with Crippen LogP contribution in [0, 0.1) is 0 Å². The molecule has 1 saturated carbocycles. The number of benzene rings is 3. The number of anilines is 1. The van der Waals surface area contributed by atoms with Crippen LogP contribution >= 0.6 is 0 Å². The summed E-state index contributed by atoms with van der Waals surface area (Å²) in [7, 11) is -3.23. The second kappa shape index (κ2) is 13.9. The third kappa shape index (κ3) is 8.12. The van der Waals surface area contributed by atoms with E-state index in [9.17, 15) is 23.1 Å². The van der Waals surface area contributed by atoms with Crippen LogP contribution in [0.2, 0.25) is 0 Å².